The summed E-state index contributed by atoms with van der Waals surface area (Å²) in [5, 5.41) is 6.29. The molecule has 5 rings (SSSR count). The highest BCUT2D eigenvalue weighted by Gasteiger charge is 2.30. The molecule has 4 heterocycles. The largest absolute Gasteiger partial charge is 0.491 e. The second-order valence-electron chi connectivity index (χ2n) is 9.57. The van der Waals surface area contributed by atoms with Gasteiger partial charge >= 0.3 is 0 Å². The minimum absolute atomic E-state index is 0.106. The van der Waals surface area contributed by atoms with E-state index in [0.717, 1.165) is 56.9 Å². The Morgan fingerprint density at radius 3 is 2.92 bits per heavy atom. The minimum Gasteiger partial charge on any atom is -0.491 e. The fourth-order valence-corrected chi connectivity index (χ4v) is 4.93. The van der Waals surface area contributed by atoms with Gasteiger partial charge in [-0.3, -0.25) is 19.5 Å². The summed E-state index contributed by atoms with van der Waals surface area (Å²) in [4.78, 5) is 38.9. The van der Waals surface area contributed by atoms with Crippen molar-refractivity contribution in [3.8, 4) is 5.75 Å². The van der Waals surface area contributed by atoms with Crippen molar-refractivity contribution in [2.24, 2.45) is 4.99 Å². The molecule has 0 aliphatic carbocycles. The number of nitrogens with zero attached hydrogens (tertiary/aromatic N) is 4. The normalized spacial score (nSPS) is 20.1. The van der Waals surface area contributed by atoms with Crippen molar-refractivity contribution >= 4 is 29.0 Å². The maximum Gasteiger partial charge on any atom is 0.274 e. The lowest BCUT2D eigenvalue weighted by Crippen LogP contribution is -2.43. The number of carbonyl (C=O) groups is 2. The first-order chi connectivity index (χ1) is 18.5. The van der Waals surface area contributed by atoms with Gasteiger partial charge in [-0.05, 0) is 50.5 Å². The van der Waals surface area contributed by atoms with Gasteiger partial charge in [0, 0.05) is 44.5 Å². The molecule has 0 saturated carbocycles. The quantitative estimate of drug-likeness (QED) is 0.330. The SMILES string of the molecule is C/C=C(\N=C(C)N1Cc2ccc(OCC3CCCO3)cc2C1=O)C(=O)Nc1cnccc1N1CCNCC1. The van der Waals surface area contributed by atoms with Crippen LogP contribution >= 0.6 is 0 Å². The van der Waals surface area contributed by atoms with Gasteiger partial charge in [-0.2, -0.15) is 0 Å². The maximum absolute atomic E-state index is 13.2. The number of anilines is 2. The lowest BCUT2D eigenvalue weighted by atomic mass is 10.1. The number of hydrogen-bond acceptors (Lipinski definition) is 8. The van der Waals surface area contributed by atoms with Crippen LogP contribution in [0.2, 0.25) is 0 Å². The highest BCUT2D eigenvalue weighted by molar-refractivity contribution is 6.11. The molecule has 2 fully saturated rings. The van der Waals surface area contributed by atoms with Gasteiger partial charge in [0.15, 0.2) is 0 Å². The molecule has 0 bridgehead atoms. The zero-order valence-corrected chi connectivity index (χ0v) is 21.9. The van der Waals surface area contributed by atoms with E-state index in [2.05, 4.69) is 25.5 Å². The van der Waals surface area contributed by atoms with E-state index in [9.17, 15) is 9.59 Å². The van der Waals surface area contributed by atoms with Crippen LogP contribution in [0.1, 0.15) is 42.6 Å². The topological polar surface area (TPSA) is 108 Å². The Labute approximate surface area is 222 Å². The molecule has 10 heteroatoms. The van der Waals surface area contributed by atoms with E-state index < -0.39 is 0 Å². The van der Waals surface area contributed by atoms with Crippen LogP contribution in [0.4, 0.5) is 11.4 Å². The Bertz CT molecular complexity index is 1250. The Balaban J connectivity index is 1.26. The van der Waals surface area contributed by atoms with Gasteiger partial charge < -0.3 is 25.0 Å². The zero-order valence-electron chi connectivity index (χ0n) is 21.9. The lowest BCUT2D eigenvalue weighted by molar-refractivity contribution is -0.112. The van der Waals surface area contributed by atoms with Crippen LogP contribution in [0, 0.1) is 0 Å². The van der Waals surface area contributed by atoms with Gasteiger partial charge in [0.05, 0.1) is 30.2 Å². The third kappa shape index (κ3) is 5.71. The number of allylic oxidation sites excluding steroid dienone is 1. The molecule has 1 atom stereocenters. The second-order valence-corrected chi connectivity index (χ2v) is 9.57. The number of ether oxygens (including phenoxy) is 2. The number of aliphatic imine (C=N–C) groups is 1. The maximum atomic E-state index is 13.2. The number of benzene rings is 1. The van der Waals surface area contributed by atoms with Gasteiger partial charge in [-0.15, -0.1) is 0 Å². The van der Waals surface area contributed by atoms with E-state index in [1.165, 1.54) is 0 Å². The first-order valence-corrected chi connectivity index (χ1v) is 13.2. The predicted molar refractivity (Wildman–Crippen MR) is 146 cm³/mol. The van der Waals surface area contributed by atoms with Gasteiger partial charge in [-0.25, -0.2) is 4.99 Å². The summed E-state index contributed by atoms with van der Waals surface area (Å²) in [5.74, 6) is 0.581. The van der Waals surface area contributed by atoms with E-state index in [-0.39, 0.29) is 23.6 Å². The van der Waals surface area contributed by atoms with E-state index in [4.69, 9.17) is 9.47 Å². The first kappa shape index (κ1) is 25.9. The fraction of sp³-hybridized carbons (Fsp3) is 0.429. The van der Waals surface area contributed by atoms with Crippen molar-refractivity contribution in [1.29, 1.82) is 0 Å². The summed E-state index contributed by atoms with van der Waals surface area (Å²) >= 11 is 0. The standard InChI is InChI=1S/C28H34N6O4/c1-3-24(27(35)32-25-16-30-9-8-26(25)33-12-10-29-11-13-33)31-19(2)34-17-20-6-7-21(15-23(20)28(34)36)38-18-22-5-4-14-37-22/h3,6-9,15-16,22,29H,4-5,10-14,17-18H2,1-2H3,(H,32,35)/b24-3-,31-19?. The van der Waals surface area contributed by atoms with Crippen LogP contribution in [0.25, 0.3) is 0 Å². The first-order valence-electron chi connectivity index (χ1n) is 13.2. The molecule has 2 aromatic rings. The molecular formula is C28H34N6O4. The fourth-order valence-electron chi connectivity index (χ4n) is 4.93. The van der Waals surface area contributed by atoms with Crippen LogP contribution in [0.15, 0.2) is 53.4 Å². The monoisotopic (exact) mass is 518 g/mol. The summed E-state index contributed by atoms with van der Waals surface area (Å²) in [6.45, 7) is 8.60. The Kier molecular flexibility index (Phi) is 8.00. The number of pyridine rings is 1. The molecule has 2 N–H and O–H groups in total. The van der Waals surface area contributed by atoms with Crippen molar-refractivity contribution in [1.82, 2.24) is 15.2 Å². The number of hydrogen-bond donors (Lipinski definition) is 2. The van der Waals surface area contributed by atoms with Crippen molar-refractivity contribution in [3.63, 3.8) is 0 Å². The third-order valence-electron chi connectivity index (χ3n) is 7.03. The summed E-state index contributed by atoms with van der Waals surface area (Å²) in [5.41, 5.74) is 3.27. The molecule has 0 radical (unpaired) electrons. The molecule has 38 heavy (non-hydrogen) atoms. The number of fused-ring (bicyclic) bond motifs is 1. The van der Waals surface area contributed by atoms with Crippen molar-refractivity contribution in [2.45, 2.75) is 39.3 Å². The summed E-state index contributed by atoms with van der Waals surface area (Å²) in [6.07, 6.45) is 7.17. The average molecular weight is 519 g/mol. The average Bonchev–Trinajstić information content (AvgIpc) is 3.59. The van der Waals surface area contributed by atoms with Crippen molar-refractivity contribution in [3.05, 3.63) is 59.6 Å². The van der Waals surface area contributed by atoms with E-state index in [1.54, 1.807) is 43.3 Å². The molecule has 3 aliphatic rings. The van der Waals surface area contributed by atoms with E-state index in [1.807, 2.05) is 18.2 Å². The second kappa shape index (κ2) is 11.7. The summed E-state index contributed by atoms with van der Waals surface area (Å²) < 4.78 is 11.5. The van der Waals surface area contributed by atoms with Crippen molar-refractivity contribution < 1.29 is 19.1 Å². The summed E-state index contributed by atoms with van der Waals surface area (Å²) in [7, 11) is 0. The lowest BCUT2D eigenvalue weighted by Gasteiger charge is -2.30. The molecule has 1 unspecified atom stereocenters. The molecule has 10 nitrogen and oxygen atoms in total. The van der Waals surface area contributed by atoms with Gasteiger partial charge in [0.1, 0.15) is 23.9 Å². The molecule has 3 aliphatic heterocycles. The molecule has 1 aromatic heterocycles. The smallest absolute Gasteiger partial charge is 0.274 e. The number of nitrogens with one attached hydrogen (secondary N) is 2. The highest BCUT2D eigenvalue weighted by Crippen LogP contribution is 2.29. The Morgan fingerprint density at radius 2 is 2.16 bits per heavy atom. The van der Waals surface area contributed by atoms with E-state index in [0.29, 0.717) is 36.0 Å². The third-order valence-corrected chi connectivity index (χ3v) is 7.03. The van der Waals surface area contributed by atoms with Crippen LogP contribution in [-0.2, 0) is 16.1 Å². The molecule has 1 aromatic carbocycles. The summed E-state index contributed by atoms with van der Waals surface area (Å²) in [6, 6.07) is 7.48. The van der Waals surface area contributed by atoms with Crippen LogP contribution in [-0.4, -0.2) is 73.0 Å². The van der Waals surface area contributed by atoms with Gasteiger partial charge in [0.2, 0.25) is 0 Å². The molecule has 0 spiro atoms. The van der Waals surface area contributed by atoms with Crippen molar-refractivity contribution in [2.75, 3.05) is 49.6 Å². The predicted octanol–water partition coefficient (Wildman–Crippen LogP) is 2.97. The molecular weight excluding hydrogens is 484 g/mol. The number of rotatable bonds is 7. The number of piperazine rings is 1. The minimum atomic E-state index is -0.356. The van der Waals surface area contributed by atoms with Crippen LogP contribution in [0.3, 0.4) is 0 Å². The molecule has 2 saturated heterocycles. The zero-order chi connectivity index (χ0) is 26.5. The molecule has 2 amide bonds. The molecule has 200 valence electrons. The number of amides is 2. The van der Waals surface area contributed by atoms with Gasteiger partial charge in [-0.1, -0.05) is 12.1 Å². The highest BCUT2D eigenvalue weighted by atomic mass is 16.5. The number of aromatic nitrogens is 1. The number of amidine groups is 1. The van der Waals surface area contributed by atoms with Crippen LogP contribution < -0.4 is 20.3 Å². The Hall–Kier alpha value is -3.76. The van der Waals surface area contributed by atoms with E-state index >= 15 is 0 Å². The number of carbonyl (C=O) groups excluding carboxylic acids is 2. The van der Waals surface area contributed by atoms with Crippen LogP contribution in [0.5, 0.6) is 5.75 Å². The Morgan fingerprint density at radius 1 is 1.32 bits per heavy atom. The van der Waals surface area contributed by atoms with Gasteiger partial charge in [0.25, 0.3) is 11.8 Å².